The number of amides is 1. The molecule has 3 atom stereocenters. The minimum absolute atomic E-state index is 0.0804. The third kappa shape index (κ3) is 37.5. The van der Waals surface area contributed by atoms with Crippen molar-refractivity contribution in [1.82, 2.24) is 5.32 Å². The molecule has 0 rings (SSSR count). The Bertz CT molecular complexity index is 817. The lowest BCUT2D eigenvalue weighted by Gasteiger charge is -2.24. The van der Waals surface area contributed by atoms with Gasteiger partial charge in [0.15, 0.2) is 0 Å². The highest BCUT2D eigenvalue weighted by Crippen LogP contribution is 2.18. The van der Waals surface area contributed by atoms with Crippen LogP contribution in [-0.2, 0) is 14.3 Å². The maximum atomic E-state index is 13.1. The Morgan fingerprint density at radius 2 is 0.889 bits per heavy atom. The highest BCUT2D eigenvalue weighted by molar-refractivity contribution is 5.77. The van der Waals surface area contributed by atoms with Crippen molar-refractivity contribution in [2.75, 3.05) is 6.61 Å². The predicted molar refractivity (Wildman–Crippen MR) is 232 cm³/mol. The van der Waals surface area contributed by atoms with E-state index < -0.39 is 18.2 Å². The first kappa shape index (κ1) is 52.6. The van der Waals surface area contributed by atoms with Crippen molar-refractivity contribution >= 4 is 11.9 Å². The fourth-order valence-electron chi connectivity index (χ4n) is 7.43. The van der Waals surface area contributed by atoms with Gasteiger partial charge in [-0.25, -0.2) is 0 Å². The smallest absolute Gasteiger partial charge is 0.306 e. The number of aliphatic hydroxyl groups is 2. The van der Waals surface area contributed by atoms with Crippen molar-refractivity contribution in [3.63, 3.8) is 0 Å². The van der Waals surface area contributed by atoms with Crippen LogP contribution >= 0.6 is 0 Å². The molecule has 0 saturated carbocycles. The normalized spacial score (nSPS) is 13.4. The number of allylic oxidation sites excluding steroid dienone is 2. The second-order valence-electron chi connectivity index (χ2n) is 16.5. The summed E-state index contributed by atoms with van der Waals surface area (Å²) in [6, 6.07) is -0.694. The second kappa shape index (κ2) is 42.7. The zero-order valence-electron chi connectivity index (χ0n) is 36.4. The second-order valence-corrected chi connectivity index (χ2v) is 16.5. The van der Waals surface area contributed by atoms with Crippen LogP contribution in [0.2, 0.25) is 0 Å². The highest BCUT2D eigenvalue weighted by Gasteiger charge is 2.24. The largest absolute Gasteiger partial charge is 0.462 e. The Balaban J connectivity index is 4.51. The van der Waals surface area contributed by atoms with Gasteiger partial charge in [-0.2, -0.15) is 0 Å². The zero-order chi connectivity index (χ0) is 39.6. The van der Waals surface area contributed by atoms with Crippen molar-refractivity contribution in [2.24, 2.45) is 0 Å². The van der Waals surface area contributed by atoms with E-state index in [4.69, 9.17) is 4.74 Å². The van der Waals surface area contributed by atoms with Crippen LogP contribution in [0.1, 0.15) is 258 Å². The molecular formula is C48H93NO5. The minimum Gasteiger partial charge on any atom is -0.462 e. The van der Waals surface area contributed by atoms with Gasteiger partial charge in [0.1, 0.15) is 6.10 Å². The number of carbonyl (C=O) groups is 2. The van der Waals surface area contributed by atoms with E-state index in [1.807, 2.05) is 0 Å². The average molecular weight is 764 g/mol. The first-order valence-electron chi connectivity index (χ1n) is 23.9. The fourth-order valence-corrected chi connectivity index (χ4v) is 7.43. The zero-order valence-corrected chi connectivity index (χ0v) is 36.4. The van der Waals surface area contributed by atoms with E-state index >= 15 is 0 Å². The molecule has 0 aromatic heterocycles. The van der Waals surface area contributed by atoms with Gasteiger partial charge in [-0.15, -0.1) is 0 Å². The van der Waals surface area contributed by atoms with E-state index in [9.17, 15) is 19.8 Å². The van der Waals surface area contributed by atoms with Crippen LogP contribution in [0, 0.1) is 0 Å². The molecule has 0 aromatic carbocycles. The Hall–Kier alpha value is -1.40. The van der Waals surface area contributed by atoms with E-state index in [1.54, 1.807) is 0 Å². The molecule has 0 saturated heterocycles. The number of carbonyl (C=O) groups excluding carboxylic acids is 2. The third-order valence-corrected chi connectivity index (χ3v) is 11.1. The number of unbranched alkanes of at least 4 members (excludes halogenated alkanes) is 29. The fraction of sp³-hybridized carbons (Fsp3) is 0.917. The summed E-state index contributed by atoms with van der Waals surface area (Å²) in [4.78, 5) is 26.0. The van der Waals surface area contributed by atoms with Gasteiger partial charge in [0, 0.05) is 6.42 Å². The first-order valence-corrected chi connectivity index (χ1v) is 23.9. The molecule has 0 fully saturated rings. The highest BCUT2D eigenvalue weighted by atomic mass is 16.5. The Morgan fingerprint density at radius 3 is 1.35 bits per heavy atom. The molecule has 3 unspecified atom stereocenters. The first-order chi connectivity index (χ1) is 26.5. The molecule has 6 heteroatoms. The molecule has 0 aliphatic carbocycles. The maximum Gasteiger partial charge on any atom is 0.306 e. The maximum absolute atomic E-state index is 13.1. The number of esters is 1. The van der Waals surface area contributed by atoms with Crippen molar-refractivity contribution in [1.29, 1.82) is 0 Å². The number of hydrogen-bond acceptors (Lipinski definition) is 5. The molecule has 1 amide bonds. The van der Waals surface area contributed by atoms with Gasteiger partial charge in [-0.05, 0) is 51.4 Å². The van der Waals surface area contributed by atoms with Gasteiger partial charge in [0.2, 0.25) is 5.91 Å². The standard InChI is InChI=1S/C48H93NO5/c1-4-7-10-13-16-19-22-24-25-28-31-34-37-40-46(51)45(43-50)49-47(52)42-44(39-36-33-30-27-21-18-15-12-9-6-3)54-48(53)41-38-35-32-29-26-23-20-17-14-11-8-5-2/h17,20,44-46,50-51H,4-16,18-19,21-43H2,1-3H3,(H,49,52)/b20-17-. The molecule has 0 spiro atoms. The monoisotopic (exact) mass is 764 g/mol. The Kier molecular flexibility index (Phi) is 41.6. The summed E-state index contributed by atoms with van der Waals surface area (Å²) in [7, 11) is 0. The molecule has 0 aliphatic rings. The van der Waals surface area contributed by atoms with Crippen LogP contribution in [-0.4, -0.2) is 46.9 Å². The van der Waals surface area contributed by atoms with Crippen LogP contribution in [0.15, 0.2) is 12.2 Å². The summed E-state index contributed by atoms with van der Waals surface area (Å²) < 4.78 is 5.90. The summed E-state index contributed by atoms with van der Waals surface area (Å²) in [5.41, 5.74) is 0. The lowest BCUT2D eigenvalue weighted by atomic mass is 10.0. The molecule has 0 bridgehead atoms. The SMILES string of the molecule is CCCCC/C=C\CCCCCCCC(=O)OC(CCCCCCCCCCCC)CC(=O)NC(CO)C(O)CCCCCCCCCCCCCCC. The number of rotatable bonds is 43. The van der Waals surface area contributed by atoms with E-state index in [1.165, 1.54) is 161 Å². The third-order valence-electron chi connectivity index (χ3n) is 11.1. The van der Waals surface area contributed by atoms with Crippen LogP contribution in [0.4, 0.5) is 0 Å². The average Bonchev–Trinajstić information content (AvgIpc) is 3.16. The molecule has 0 aromatic rings. The number of ether oxygens (including phenoxy) is 1. The number of aliphatic hydroxyl groups excluding tert-OH is 2. The predicted octanol–water partition coefficient (Wildman–Crippen LogP) is 13.8. The topological polar surface area (TPSA) is 95.9 Å². The van der Waals surface area contributed by atoms with Gasteiger partial charge in [-0.1, -0.05) is 206 Å². The van der Waals surface area contributed by atoms with Crippen LogP contribution < -0.4 is 5.32 Å². The molecule has 3 N–H and O–H groups in total. The molecule has 6 nitrogen and oxygen atoms in total. The van der Waals surface area contributed by atoms with Crippen molar-refractivity contribution in [2.45, 2.75) is 277 Å². The summed E-state index contributed by atoms with van der Waals surface area (Å²) >= 11 is 0. The van der Waals surface area contributed by atoms with E-state index in [0.717, 1.165) is 51.4 Å². The van der Waals surface area contributed by atoms with E-state index in [-0.39, 0.29) is 24.9 Å². The molecule has 0 aliphatic heterocycles. The van der Waals surface area contributed by atoms with Gasteiger partial charge in [0.05, 0.1) is 25.2 Å². The summed E-state index contributed by atoms with van der Waals surface area (Å²) in [6.07, 6.45) is 45.5. The summed E-state index contributed by atoms with van der Waals surface area (Å²) in [5.74, 6) is -0.473. The quantitative estimate of drug-likeness (QED) is 0.0326. The molecule has 54 heavy (non-hydrogen) atoms. The van der Waals surface area contributed by atoms with E-state index in [2.05, 4.69) is 38.2 Å². The van der Waals surface area contributed by atoms with E-state index in [0.29, 0.717) is 19.3 Å². The number of nitrogens with one attached hydrogen (secondary N) is 1. The molecular weight excluding hydrogens is 671 g/mol. The molecule has 0 heterocycles. The van der Waals surface area contributed by atoms with Gasteiger partial charge >= 0.3 is 5.97 Å². The lowest BCUT2D eigenvalue weighted by molar-refractivity contribution is -0.151. The Morgan fingerprint density at radius 1 is 0.519 bits per heavy atom. The molecule has 320 valence electrons. The van der Waals surface area contributed by atoms with Gasteiger partial charge in [-0.3, -0.25) is 9.59 Å². The molecule has 0 radical (unpaired) electrons. The van der Waals surface area contributed by atoms with Crippen LogP contribution in [0.3, 0.4) is 0 Å². The van der Waals surface area contributed by atoms with Crippen molar-refractivity contribution in [3.05, 3.63) is 12.2 Å². The van der Waals surface area contributed by atoms with Gasteiger partial charge in [0.25, 0.3) is 0 Å². The summed E-state index contributed by atoms with van der Waals surface area (Å²) in [5, 5.41) is 23.7. The Labute approximate surface area is 336 Å². The van der Waals surface area contributed by atoms with Crippen molar-refractivity contribution in [3.8, 4) is 0 Å². The lowest BCUT2D eigenvalue weighted by Crippen LogP contribution is -2.46. The van der Waals surface area contributed by atoms with Crippen LogP contribution in [0.25, 0.3) is 0 Å². The van der Waals surface area contributed by atoms with Gasteiger partial charge < -0.3 is 20.3 Å². The summed E-state index contributed by atoms with van der Waals surface area (Å²) in [6.45, 7) is 6.45. The minimum atomic E-state index is -0.781. The van der Waals surface area contributed by atoms with Crippen LogP contribution in [0.5, 0.6) is 0 Å². The number of hydrogen-bond donors (Lipinski definition) is 3. The van der Waals surface area contributed by atoms with Crippen molar-refractivity contribution < 1.29 is 24.5 Å².